The van der Waals surface area contributed by atoms with Gasteiger partial charge < -0.3 is 15.2 Å². The van der Waals surface area contributed by atoms with Gasteiger partial charge in [-0.25, -0.2) is 18.4 Å². The van der Waals surface area contributed by atoms with Gasteiger partial charge in [-0.1, -0.05) is 89.8 Å². The molecule has 1 unspecified atom stereocenters. The molecule has 0 aliphatic carbocycles. The summed E-state index contributed by atoms with van der Waals surface area (Å²) in [4.78, 5) is 47.6. The van der Waals surface area contributed by atoms with Crippen molar-refractivity contribution in [2.45, 2.75) is 77.7 Å². The summed E-state index contributed by atoms with van der Waals surface area (Å²) in [6.45, 7) is 8.94. The maximum absolute atomic E-state index is 13.2. The summed E-state index contributed by atoms with van der Waals surface area (Å²) < 4.78 is 32.1. The van der Waals surface area contributed by atoms with Crippen LogP contribution in [0, 0.1) is 0 Å². The Morgan fingerprint density at radius 3 is 2.10 bits per heavy atom. The van der Waals surface area contributed by atoms with Gasteiger partial charge in [0, 0.05) is 34.8 Å². The predicted octanol–water partition coefficient (Wildman–Crippen LogP) is 6.39. The number of hydrogen-bond acceptors (Lipinski definition) is 9. The number of carbonyl (C=O) groups excluding carboxylic acids is 2. The summed E-state index contributed by atoms with van der Waals surface area (Å²) in [5, 5.41) is 11.6. The third-order valence-electron chi connectivity index (χ3n) is 7.77. The molecule has 0 aliphatic heterocycles. The van der Waals surface area contributed by atoms with Crippen molar-refractivity contribution in [3.8, 4) is 28.3 Å². The maximum atomic E-state index is 13.2. The summed E-state index contributed by atoms with van der Waals surface area (Å²) >= 11 is 1.28. The van der Waals surface area contributed by atoms with Crippen molar-refractivity contribution in [3.63, 3.8) is 0 Å². The fourth-order valence-corrected chi connectivity index (χ4v) is 6.83. The van der Waals surface area contributed by atoms with Crippen LogP contribution in [0.4, 0.5) is 0 Å². The van der Waals surface area contributed by atoms with E-state index in [4.69, 9.17) is 9.84 Å². The first-order valence-corrected chi connectivity index (χ1v) is 19.0. The van der Waals surface area contributed by atoms with Gasteiger partial charge in [-0.3, -0.25) is 19.1 Å². The Balaban J connectivity index is 1.42. The van der Waals surface area contributed by atoms with Crippen LogP contribution in [0.1, 0.15) is 79.9 Å². The van der Waals surface area contributed by atoms with E-state index in [-0.39, 0.29) is 11.8 Å². The number of nitrogens with zero attached hydrogens (tertiary/aromatic N) is 2. The molecule has 3 N–H and O–H groups in total. The van der Waals surface area contributed by atoms with E-state index >= 15 is 0 Å². The van der Waals surface area contributed by atoms with Crippen molar-refractivity contribution in [2.24, 2.45) is 0 Å². The molecule has 2 aromatic heterocycles. The molecule has 0 aliphatic rings. The van der Waals surface area contributed by atoms with Gasteiger partial charge in [-0.2, -0.15) is 0 Å². The summed E-state index contributed by atoms with van der Waals surface area (Å²) in [6, 6.07) is 17.0. The predicted molar refractivity (Wildman–Crippen MR) is 195 cm³/mol. The van der Waals surface area contributed by atoms with Crippen LogP contribution in [0.25, 0.3) is 22.5 Å². The Hall–Kier alpha value is -4.62. The lowest BCUT2D eigenvalue weighted by Gasteiger charge is -2.18. The van der Waals surface area contributed by atoms with Crippen molar-refractivity contribution < 1.29 is 32.6 Å². The van der Waals surface area contributed by atoms with E-state index in [2.05, 4.69) is 22.2 Å². The van der Waals surface area contributed by atoms with Gasteiger partial charge in [0.25, 0.3) is 11.8 Å². The highest BCUT2D eigenvalue weighted by atomic mass is 32.2. The molecular formula is C37H44N4O7S2. The molecule has 2 amide bonds. The molecular weight excluding hydrogens is 677 g/mol. The van der Waals surface area contributed by atoms with E-state index in [1.165, 1.54) is 37.0 Å². The zero-order chi connectivity index (χ0) is 36.3. The van der Waals surface area contributed by atoms with Crippen molar-refractivity contribution in [3.05, 3.63) is 88.4 Å². The van der Waals surface area contributed by atoms with Gasteiger partial charge in [0.2, 0.25) is 10.0 Å². The lowest BCUT2D eigenvalue weighted by atomic mass is 9.95. The number of carboxylic acid groups (broad SMARTS) is 1. The number of nitrogens with one attached hydrogen (secondary N) is 2. The maximum Gasteiger partial charge on any atom is 0.320 e. The molecule has 0 fully saturated rings. The number of unbranched alkanes of at least 4 members (excludes halogenated alkanes) is 4. The number of carbonyl (C=O) groups is 3. The second-order valence-electron chi connectivity index (χ2n) is 13.0. The van der Waals surface area contributed by atoms with Crippen molar-refractivity contribution >= 4 is 39.1 Å². The Morgan fingerprint density at radius 2 is 1.50 bits per heavy atom. The van der Waals surface area contributed by atoms with Crippen LogP contribution in [-0.4, -0.2) is 59.7 Å². The number of amides is 2. The van der Waals surface area contributed by atoms with Gasteiger partial charge >= 0.3 is 5.97 Å². The van der Waals surface area contributed by atoms with Crippen LogP contribution in [0.3, 0.4) is 0 Å². The zero-order valence-corrected chi connectivity index (χ0v) is 30.4. The normalized spacial score (nSPS) is 12.2. The SMILES string of the molecule is CCCCCCCOc1ccc(-c2cnc(-c3ccc(CC(NC(=O)c4ccc(C(C)(C)C)s4)C(=O)NS(=O)(=O)CC(=O)O)cc3)nc2)cc1. The number of carboxylic acids is 1. The van der Waals surface area contributed by atoms with Crippen LogP contribution >= 0.6 is 11.3 Å². The molecule has 50 heavy (non-hydrogen) atoms. The molecule has 0 spiro atoms. The highest BCUT2D eigenvalue weighted by molar-refractivity contribution is 7.90. The number of benzene rings is 2. The van der Waals surface area contributed by atoms with Gasteiger partial charge in [0.15, 0.2) is 11.6 Å². The molecule has 4 aromatic rings. The van der Waals surface area contributed by atoms with E-state index in [9.17, 15) is 22.8 Å². The van der Waals surface area contributed by atoms with Crippen molar-refractivity contribution in [1.82, 2.24) is 20.0 Å². The lowest BCUT2D eigenvalue weighted by molar-refractivity contribution is -0.134. The first-order chi connectivity index (χ1) is 23.7. The zero-order valence-electron chi connectivity index (χ0n) is 28.8. The monoisotopic (exact) mass is 720 g/mol. The first-order valence-electron chi connectivity index (χ1n) is 16.6. The Kier molecular flexibility index (Phi) is 13.3. The Bertz CT molecular complexity index is 1850. The molecule has 11 nitrogen and oxygen atoms in total. The molecule has 0 radical (unpaired) electrons. The quantitative estimate of drug-likeness (QED) is 0.105. The summed E-state index contributed by atoms with van der Waals surface area (Å²) in [6.07, 6.45) is 9.34. The van der Waals surface area contributed by atoms with Crippen LogP contribution in [-0.2, 0) is 31.4 Å². The summed E-state index contributed by atoms with van der Waals surface area (Å²) in [7, 11) is -4.48. The van der Waals surface area contributed by atoms with Crippen molar-refractivity contribution in [2.75, 3.05) is 12.4 Å². The minimum Gasteiger partial charge on any atom is -0.494 e. The van der Waals surface area contributed by atoms with Gasteiger partial charge in [-0.15, -0.1) is 11.3 Å². The van der Waals surface area contributed by atoms with Gasteiger partial charge in [-0.05, 0) is 47.2 Å². The molecule has 2 aromatic carbocycles. The second kappa shape index (κ2) is 17.3. The van der Waals surface area contributed by atoms with Crippen LogP contribution in [0.5, 0.6) is 5.75 Å². The van der Waals surface area contributed by atoms with Gasteiger partial charge in [0.05, 0.1) is 11.5 Å². The molecule has 0 saturated carbocycles. The molecule has 13 heteroatoms. The minimum atomic E-state index is -4.48. The number of ether oxygens (including phenoxy) is 1. The average molecular weight is 721 g/mol. The van der Waals surface area contributed by atoms with Crippen LogP contribution in [0.15, 0.2) is 73.1 Å². The minimum absolute atomic E-state index is 0.0592. The molecule has 0 bridgehead atoms. The number of hydrogen-bond donors (Lipinski definition) is 3. The summed E-state index contributed by atoms with van der Waals surface area (Å²) in [5.74, 6) is -3.19. The van der Waals surface area contributed by atoms with E-state index < -0.39 is 39.6 Å². The van der Waals surface area contributed by atoms with E-state index in [1.807, 2.05) is 51.1 Å². The molecule has 0 saturated heterocycles. The van der Waals surface area contributed by atoms with E-state index in [1.54, 1.807) is 47.4 Å². The standard InChI is InChI=1S/C37H44N4O7S2/c1-5-6-7-8-9-20-48-29-16-14-26(15-17-29)28-22-38-34(39-23-28)27-12-10-25(11-13-27)21-30(35(44)41-50(46,47)24-33(42)43)40-36(45)31-18-19-32(49-31)37(2,3)4/h10-19,22-23,30H,5-9,20-21,24H2,1-4H3,(H,40,45)(H,41,44)(H,42,43). The first kappa shape index (κ1) is 38.2. The molecule has 2 heterocycles. The number of thiophene rings is 1. The topological polar surface area (TPSA) is 165 Å². The van der Waals surface area contributed by atoms with Crippen LogP contribution < -0.4 is 14.8 Å². The highest BCUT2D eigenvalue weighted by Crippen LogP contribution is 2.29. The van der Waals surface area contributed by atoms with Crippen LogP contribution in [0.2, 0.25) is 0 Å². The smallest absolute Gasteiger partial charge is 0.320 e. The fraction of sp³-hybridized carbons (Fsp3) is 0.378. The number of sulfonamides is 1. The number of aromatic nitrogens is 2. The van der Waals surface area contributed by atoms with E-state index in [0.717, 1.165) is 28.2 Å². The van der Waals surface area contributed by atoms with Gasteiger partial charge in [0.1, 0.15) is 11.8 Å². The molecule has 266 valence electrons. The fourth-order valence-electron chi connectivity index (χ4n) is 5.02. The lowest BCUT2D eigenvalue weighted by Crippen LogP contribution is -2.50. The molecule has 1 atom stereocenters. The third kappa shape index (κ3) is 11.5. The number of rotatable bonds is 17. The second-order valence-corrected chi connectivity index (χ2v) is 15.8. The number of aliphatic carboxylic acids is 1. The average Bonchev–Trinajstić information content (AvgIpc) is 3.58. The highest BCUT2D eigenvalue weighted by Gasteiger charge is 2.28. The van der Waals surface area contributed by atoms with E-state index in [0.29, 0.717) is 28.4 Å². The molecule has 4 rings (SSSR count). The Morgan fingerprint density at radius 1 is 0.860 bits per heavy atom. The third-order valence-corrected chi connectivity index (χ3v) is 10.4. The largest absolute Gasteiger partial charge is 0.494 e. The summed E-state index contributed by atoms with van der Waals surface area (Å²) in [5.41, 5.74) is 2.94. The Labute approximate surface area is 297 Å². The van der Waals surface area contributed by atoms with Crippen molar-refractivity contribution in [1.29, 1.82) is 0 Å².